The summed E-state index contributed by atoms with van der Waals surface area (Å²) in [6.45, 7) is 9.35. The van der Waals surface area contributed by atoms with Crippen LogP contribution in [0.2, 0.25) is 0 Å². The number of nitrogens with zero attached hydrogens (tertiary/aromatic N) is 5. The fourth-order valence-electron chi connectivity index (χ4n) is 2.89. The van der Waals surface area contributed by atoms with Gasteiger partial charge in [0.1, 0.15) is 16.1 Å². The Balaban J connectivity index is 2.33. The van der Waals surface area contributed by atoms with Crippen molar-refractivity contribution in [2.24, 2.45) is 18.5 Å². The summed E-state index contributed by atoms with van der Waals surface area (Å²) in [5.74, 6) is 1.07. The molecule has 0 unspecified atom stereocenters. The Morgan fingerprint density at radius 3 is 2.46 bits per heavy atom. The number of rotatable bonds is 3. The molecule has 0 amide bonds. The van der Waals surface area contributed by atoms with E-state index >= 15 is 0 Å². The highest BCUT2D eigenvalue weighted by Crippen LogP contribution is 2.24. The molecule has 0 N–H and O–H groups in total. The molecule has 1 atom stereocenters. The van der Waals surface area contributed by atoms with Crippen molar-refractivity contribution >= 4 is 28.0 Å². The second-order valence-electron chi connectivity index (χ2n) is 7.91. The van der Waals surface area contributed by atoms with Gasteiger partial charge in [-0.1, -0.05) is 4.40 Å². The molecule has 3 aromatic rings. The normalized spacial score (nSPS) is 13.9. The first kappa shape index (κ1) is 20.3. The van der Waals surface area contributed by atoms with Crippen LogP contribution in [-0.4, -0.2) is 34.1 Å². The minimum atomic E-state index is -1.41. The third kappa shape index (κ3) is 3.62. The van der Waals surface area contributed by atoms with Gasteiger partial charge in [-0.2, -0.15) is 0 Å². The molecule has 0 saturated carbocycles. The highest BCUT2D eigenvalue weighted by molar-refractivity contribution is 7.91. The van der Waals surface area contributed by atoms with Crippen LogP contribution in [-0.2, 0) is 25.5 Å². The second-order valence-corrected chi connectivity index (χ2v) is 9.81. The van der Waals surface area contributed by atoms with E-state index in [9.17, 15) is 9.35 Å². The van der Waals surface area contributed by atoms with E-state index in [0.29, 0.717) is 33.8 Å². The van der Waals surface area contributed by atoms with Crippen molar-refractivity contribution in [2.75, 3.05) is 0 Å². The lowest BCUT2D eigenvalue weighted by atomic mass is 10.0. The van der Waals surface area contributed by atoms with Crippen LogP contribution < -0.4 is 5.56 Å². The molecule has 0 bridgehead atoms. The van der Waals surface area contributed by atoms with Gasteiger partial charge in [-0.05, 0) is 52.3 Å². The number of fused-ring (bicyclic) bond motifs is 1. The summed E-state index contributed by atoms with van der Waals surface area (Å²) < 4.78 is 19.8. The molecule has 2 heterocycles. The summed E-state index contributed by atoms with van der Waals surface area (Å²) in [5, 5.41) is 0.506. The van der Waals surface area contributed by atoms with E-state index in [-0.39, 0.29) is 5.56 Å². The Kier molecular flexibility index (Phi) is 5.20. The standard InChI is InChI=1S/C20H25N5O2S/c1-12-10-14(13(2)23-28(27)20(3,4)5)16-15(11-12)19(26)25(7)18(22-16)17-21-8-9-24(17)6/h8-11H,1-7H3/t28-/m1/s1. The predicted molar refractivity (Wildman–Crippen MR) is 114 cm³/mol. The van der Waals surface area contributed by atoms with Gasteiger partial charge >= 0.3 is 0 Å². The van der Waals surface area contributed by atoms with Crippen molar-refractivity contribution in [1.82, 2.24) is 19.1 Å². The SMILES string of the molecule is CC(=N[S@+]([O-])C(C)(C)C)c1cc(C)cc2c(=O)n(C)c(-c3nccn3C)nc12. The molecule has 3 rings (SSSR count). The molecule has 0 fully saturated rings. The maximum atomic E-state index is 13.1. The zero-order valence-electron chi connectivity index (χ0n) is 17.3. The molecule has 28 heavy (non-hydrogen) atoms. The first-order valence-corrected chi connectivity index (χ1v) is 10.1. The first-order chi connectivity index (χ1) is 13.0. The van der Waals surface area contributed by atoms with Crippen LogP contribution in [0.1, 0.15) is 38.8 Å². The maximum absolute atomic E-state index is 13.1. The summed E-state index contributed by atoms with van der Waals surface area (Å²) in [6.07, 6.45) is 3.47. The third-order valence-corrected chi connectivity index (χ3v) is 5.97. The number of aryl methyl sites for hydroxylation is 2. The van der Waals surface area contributed by atoms with Gasteiger partial charge in [0.05, 0.1) is 16.6 Å². The molecule has 0 aliphatic rings. The molecular formula is C20H25N5O2S. The van der Waals surface area contributed by atoms with E-state index in [1.807, 2.05) is 51.4 Å². The minimum Gasteiger partial charge on any atom is -0.591 e. The molecular weight excluding hydrogens is 374 g/mol. The van der Waals surface area contributed by atoms with Crippen molar-refractivity contribution in [3.63, 3.8) is 0 Å². The summed E-state index contributed by atoms with van der Waals surface area (Å²) in [5.41, 5.74) is 2.60. The van der Waals surface area contributed by atoms with Gasteiger partial charge in [0.15, 0.2) is 11.6 Å². The average molecular weight is 400 g/mol. The van der Waals surface area contributed by atoms with E-state index in [2.05, 4.69) is 9.38 Å². The summed E-state index contributed by atoms with van der Waals surface area (Å²) >= 11 is -1.41. The number of hydrogen-bond acceptors (Lipinski definition) is 5. The van der Waals surface area contributed by atoms with Crippen molar-refractivity contribution in [2.45, 2.75) is 39.4 Å². The number of benzene rings is 1. The summed E-state index contributed by atoms with van der Waals surface area (Å²) in [4.78, 5) is 22.1. The Bertz CT molecular complexity index is 1140. The molecule has 0 aliphatic heterocycles. The number of hydrogen-bond donors (Lipinski definition) is 0. The van der Waals surface area contributed by atoms with Crippen LogP contribution >= 0.6 is 0 Å². The van der Waals surface area contributed by atoms with E-state index in [0.717, 1.165) is 5.56 Å². The number of imidazole rings is 1. The zero-order chi connectivity index (χ0) is 20.8. The maximum Gasteiger partial charge on any atom is 0.261 e. The van der Waals surface area contributed by atoms with Gasteiger partial charge in [-0.25, -0.2) is 9.97 Å². The quantitative estimate of drug-likeness (QED) is 0.500. The molecule has 1 aromatic carbocycles. The van der Waals surface area contributed by atoms with Crippen LogP contribution in [0.4, 0.5) is 0 Å². The minimum absolute atomic E-state index is 0.155. The number of aromatic nitrogens is 4. The molecule has 0 saturated heterocycles. The van der Waals surface area contributed by atoms with E-state index < -0.39 is 16.1 Å². The molecule has 148 valence electrons. The lowest BCUT2D eigenvalue weighted by molar-refractivity contribution is 0.561. The predicted octanol–water partition coefficient (Wildman–Crippen LogP) is 2.91. The fourth-order valence-corrected chi connectivity index (χ4v) is 3.51. The Labute approximate surface area is 167 Å². The molecule has 7 nitrogen and oxygen atoms in total. The largest absolute Gasteiger partial charge is 0.591 e. The highest BCUT2D eigenvalue weighted by Gasteiger charge is 2.27. The van der Waals surface area contributed by atoms with E-state index in [4.69, 9.17) is 4.98 Å². The van der Waals surface area contributed by atoms with Crippen molar-refractivity contribution in [3.8, 4) is 11.6 Å². The van der Waals surface area contributed by atoms with Gasteiger partial charge in [0.25, 0.3) is 5.56 Å². The molecule has 8 heteroatoms. The van der Waals surface area contributed by atoms with Gasteiger partial charge in [0, 0.05) is 32.1 Å². The topological polar surface area (TPSA) is 88.1 Å². The second kappa shape index (κ2) is 7.18. The smallest absolute Gasteiger partial charge is 0.261 e. The van der Waals surface area contributed by atoms with Crippen molar-refractivity contribution in [3.05, 3.63) is 46.0 Å². The van der Waals surface area contributed by atoms with Crippen LogP contribution in [0.25, 0.3) is 22.6 Å². The van der Waals surface area contributed by atoms with E-state index in [1.54, 1.807) is 26.4 Å². The molecule has 0 aliphatic carbocycles. The Morgan fingerprint density at radius 2 is 1.89 bits per heavy atom. The third-order valence-electron chi connectivity index (χ3n) is 4.48. The van der Waals surface area contributed by atoms with E-state index in [1.165, 1.54) is 4.57 Å². The van der Waals surface area contributed by atoms with Crippen LogP contribution in [0.5, 0.6) is 0 Å². The average Bonchev–Trinajstić information content (AvgIpc) is 3.02. The Morgan fingerprint density at radius 1 is 1.21 bits per heavy atom. The van der Waals surface area contributed by atoms with Gasteiger partial charge in [-0.3, -0.25) is 9.36 Å². The summed E-state index contributed by atoms with van der Waals surface area (Å²) in [6, 6.07) is 3.75. The Hall–Kier alpha value is -2.45. The van der Waals surface area contributed by atoms with Crippen LogP contribution in [0, 0.1) is 6.92 Å². The monoisotopic (exact) mass is 399 g/mol. The van der Waals surface area contributed by atoms with Gasteiger partial charge < -0.3 is 9.12 Å². The highest BCUT2D eigenvalue weighted by atomic mass is 32.2. The molecule has 0 radical (unpaired) electrons. The summed E-state index contributed by atoms with van der Waals surface area (Å²) in [7, 11) is 3.55. The van der Waals surface area contributed by atoms with Crippen molar-refractivity contribution in [1.29, 1.82) is 0 Å². The molecule has 2 aromatic heterocycles. The zero-order valence-corrected chi connectivity index (χ0v) is 18.1. The van der Waals surface area contributed by atoms with Gasteiger partial charge in [0.2, 0.25) is 0 Å². The first-order valence-electron chi connectivity index (χ1n) is 8.97. The lowest BCUT2D eigenvalue weighted by Crippen LogP contribution is -2.27. The van der Waals surface area contributed by atoms with Gasteiger partial charge in [-0.15, -0.1) is 0 Å². The van der Waals surface area contributed by atoms with Crippen LogP contribution in [0.15, 0.2) is 33.7 Å². The fraction of sp³-hybridized carbons (Fsp3) is 0.400. The van der Waals surface area contributed by atoms with Crippen LogP contribution in [0.3, 0.4) is 0 Å². The molecule has 0 spiro atoms. The van der Waals surface area contributed by atoms with Crippen molar-refractivity contribution < 1.29 is 4.55 Å². The lowest BCUT2D eigenvalue weighted by Gasteiger charge is -2.19.